The Morgan fingerprint density at radius 3 is 2.75 bits per heavy atom. The number of anilines is 1. The molecule has 0 saturated heterocycles. The number of aryl methyl sites for hydroxylation is 1. The van der Waals surface area contributed by atoms with E-state index in [2.05, 4.69) is 25.5 Å². The molecule has 4 heterocycles. The molecule has 0 aliphatic rings. The van der Waals surface area contributed by atoms with E-state index in [-0.39, 0.29) is 5.91 Å². The molecule has 9 heteroatoms. The van der Waals surface area contributed by atoms with Crippen molar-refractivity contribution >= 4 is 17.4 Å². The summed E-state index contributed by atoms with van der Waals surface area (Å²) in [5, 5.41) is 10.6. The van der Waals surface area contributed by atoms with E-state index in [1.807, 2.05) is 13.0 Å². The largest absolute Gasteiger partial charge is 0.495 e. The van der Waals surface area contributed by atoms with Gasteiger partial charge < -0.3 is 14.8 Å². The van der Waals surface area contributed by atoms with Gasteiger partial charge in [-0.2, -0.15) is 0 Å². The van der Waals surface area contributed by atoms with Crippen molar-refractivity contribution in [3.63, 3.8) is 0 Å². The summed E-state index contributed by atoms with van der Waals surface area (Å²) in [5.41, 5.74) is 1.70. The number of ether oxygens (including phenoxy) is 2. The zero-order valence-corrected chi connectivity index (χ0v) is 15.2. The van der Waals surface area contributed by atoms with Gasteiger partial charge in [0.05, 0.1) is 31.3 Å². The number of hydrogen-bond acceptors (Lipinski definition) is 7. The van der Waals surface area contributed by atoms with Crippen LogP contribution in [0.25, 0.3) is 5.65 Å². The van der Waals surface area contributed by atoms with Crippen LogP contribution in [0, 0.1) is 6.92 Å². The molecule has 0 atom stereocenters. The molecule has 1 N–H and O–H groups in total. The summed E-state index contributed by atoms with van der Waals surface area (Å²) in [4.78, 5) is 21.0. The lowest BCUT2D eigenvalue weighted by Crippen LogP contribution is -2.14. The minimum atomic E-state index is -0.372. The molecule has 0 unspecified atom stereocenters. The van der Waals surface area contributed by atoms with E-state index in [0.717, 1.165) is 5.56 Å². The van der Waals surface area contributed by atoms with E-state index >= 15 is 0 Å². The number of amides is 1. The van der Waals surface area contributed by atoms with E-state index in [9.17, 15) is 4.79 Å². The number of pyridine rings is 3. The molecule has 0 fully saturated rings. The van der Waals surface area contributed by atoms with Crippen molar-refractivity contribution in [2.45, 2.75) is 6.92 Å². The second-order valence-corrected chi connectivity index (χ2v) is 5.99. The van der Waals surface area contributed by atoms with E-state index in [1.165, 1.54) is 6.33 Å². The van der Waals surface area contributed by atoms with Gasteiger partial charge in [-0.15, -0.1) is 10.2 Å². The first kappa shape index (κ1) is 17.4. The van der Waals surface area contributed by atoms with E-state index in [1.54, 1.807) is 54.5 Å². The molecule has 0 radical (unpaired) electrons. The number of carbonyl (C=O) groups is 1. The molecule has 9 nitrogen and oxygen atoms in total. The molecule has 0 saturated carbocycles. The lowest BCUT2D eigenvalue weighted by atomic mass is 10.2. The van der Waals surface area contributed by atoms with Gasteiger partial charge in [0.1, 0.15) is 29.4 Å². The quantitative estimate of drug-likeness (QED) is 0.571. The third-order valence-corrected chi connectivity index (χ3v) is 3.92. The summed E-state index contributed by atoms with van der Waals surface area (Å²) in [6, 6.07) is 6.88. The third-order valence-electron chi connectivity index (χ3n) is 3.92. The van der Waals surface area contributed by atoms with Crippen molar-refractivity contribution in [3.8, 4) is 17.2 Å². The Hall–Kier alpha value is -4.01. The maximum Gasteiger partial charge on any atom is 0.260 e. The second-order valence-electron chi connectivity index (χ2n) is 5.99. The molecular weight excluding hydrogens is 360 g/mol. The SMILES string of the molecule is COc1cncc(Oc2cc(C(=O)Nc3ccc(C)cn3)c3nncn3c2)c1. The van der Waals surface area contributed by atoms with E-state index < -0.39 is 0 Å². The average molecular weight is 376 g/mol. The number of fused-ring (bicyclic) bond motifs is 1. The Kier molecular flexibility index (Phi) is 4.55. The zero-order chi connectivity index (χ0) is 19.5. The topological polar surface area (TPSA) is 104 Å². The number of carbonyl (C=O) groups excluding carboxylic acids is 1. The van der Waals surface area contributed by atoms with Crippen LogP contribution in [0.2, 0.25) is 0 Å². The molecule has 4 aromatic rings. The van der Waals surface area contributed by atoms with Gasteiger partial charge in [0.2, 0.25) is 0 Å². The maximum absolute atomic E-state index is 12.8. The molecule has 0 spiro atoms. The fourth-order valence-electron chi connectivity index (χ4n) is 2.56. The predicted molar refractivity (Wildman–Crippen MR) is 101 cm³/mol. The van der Waals surface area contributed by atoms with Crippen LogP contribution in [-0.2, 0) is 0 Å². The number of rotatable bonds is 5. The molecule has 1 amide bonds. The molecule has 4 aromatic heterocycles. The summed E-state index contributed by atoms with van der Waals surface area (Å²) in [7, 11) is 1.55. The molecule has 140 valence electrons. The number of nitrogens with zero attached hydrogens (tertiary/aromatic N) is 5. The average Bonchev–Trinajstić information content (AvgIpc) is 3.18. The molecule has 28 heavy (non-hydrogen) atoms. The van der Waals surface area contributed by atoms with Gasteiger partial charge in [-0.05, 0) is 24.6 Å². The van der Waals surface area contributed by atoms with Crippen LogP contribution >= 0.6 is 0 Å². The Morgan fingerprint density at radius 1 is 1.11 bits per heavy atom. The van der Waals surface area contributed by atoms with Gasteiger partial charge in [0.25, 0.3) is 5.91 Å². The zero-order valence-electron chi connectivity index (χ0n) is 15.2. The van der Waals surface area contributed by atoms with E-state index in [0.29, 0.717) is 34.3 Å². The Balaban J connectivity index is 1.66. The maximum atomic E-state index is 12.8. The fraction of sp³-hybridized carbons (Fsp3) is 0.105. The Labute approximate surface area is 160 Å². The van der Waals surface area contributed by atoms with Gasteiger partial charge in [0, 0.05) is 12.3 Å². The molecule has 0 aliphatic heterocycles. The highest BCUT2D eigenvalue weighted by Gasteiger charge is 2.16. The molecule has 0 bridgehead atoms. The Morgan fingerprint density at radius 2 is 1.96 bits per heavy atom. The van der Waals surface area contributed by atoms with Crippen LogP contribution in [0.1, 0.15) is 15.9 Å². The van der Waals surface area contributed by atoms with E-state index in [4.69, 9.17) is 9.47 Å². The normalized spacial score (nSPS) is 10.6. The molecule has 4 rings (SSSR count). The number of aromatic nitrogens is 5. The third kappa shape index (κ3) is 3.58. The van der Waals surface area contributed by atoms with Crippen molar-refractivity contribution in [2.24, 2.45) is 0 Å². The lowest BCUT2D eigenvalue weighted by Gasteiger charge is -2.10. The van der Waals surface area contributed by atoms with Crippen LogP contribution in [-0.4, -0.2) is 37.6 Å². The predicted octanol–water partition coefficient (Wildman–Crippen LogP) is 2.88. The van der Waals surface area contributed by atoms with Crippen LogP contribution < -0.4 is 14.8 Å². The highest BCUT2D eigenvalue weighted by molar-refractivity contribution is 6.08. The monoisotopic (exact) mass is 376 g/mol. The minimum Gasteiger partial charge on any atom is -0.495 e. The molecular formula is C19H16N6O3. The molecule has 0 aromatic carbocycles. The number of methoxy groups -OCH3 is 1. The van der Waals surface area contributed by atoms with Crippen molar-refractivity contribution < 1.29 is 14.3 Å². The van der Waals surface area contributed by atoms with Gasteiger partial charge in [-0.3, -0.25) is 14.2 Å². The lowest BCUT2D eigenvalue weighted by molar-refractivity contribution is 0.102. The summed E-state index contributed by atoms with van der Waals surface area (Å²) in [5.74, 6) is 1.52. The smallest absolute Gasteiger partial charge is 0.260 e. The van der Waals surface area contributed by atoms with Gasteiger partial charge in [-0.1, -0.05) is 6.07 Å². The van der Waals surface area contributed by atoms with Gasteiger partial charge in [0.15, 0.2) is 5.65 Å². The van der Waals surface area contributed by atoms with Gasteiger partial charge in [-0.25, -0.2) is 4.98 Å². The number of nitrogens with one attached hydrogen (secondary N) is 1. The second kappa shape index (κ2) is 7.31. The van der Waals surface area contributed by atoms with Crippen molar-refractivity contribution in [1.29, 1.82) is 0 Å². The highest BCUT2D eigenvalue weighted by atomic mass is 16.5. The first-order chi connectivity index (χ1) is 13.6. The van der Waals surface area contributed by atoms with Crippen LogP contribution in [0.3, 0.4) is 0 Å². The van der Waals surface area contributed by atoms with Gasteiger partial charge >= 0.3 is 0 Å². The summed E-state index contributed by atoms with van der Waals surface area (Å²) in [6.07, 6.45) is 7.97. The van der Waals surface area contributed by atoms with Crippen molar-refractivity contribution in [2.75, 3.05) is 12.4 Å². The van der Waals surface area contributed by atoms with Crippen LogP contribution in [0.15, 0.2) is 55.4 Å². The first-order valence-electron chi connectivity index (χ1n) is 8.36. The molecule has 0 aliphatic carbocycles. The summed E-state index contributed by atoms with van der Waals surface area (Å²) < 4.78 is 12.6. The minimum absolute atomic E-state index is 0.299. The van der Waals surface area contributed by atoms with Crippen LogP contribution in [0.5, 0.6) is 17.2 Å². The summed E-state index contributed by atoms with van der Waals surface area (Å²) >= 11 is 0. The first-order valence-corrected chi connectivity index (χ1v) is 8.36. The summed E-state index contributed by atoms with van der Waals surface area (Å²) in [6.45, 7) is 1.92. The van der Waals surface area contributed by atoms with Crippen molar-refractivity contribution in [3.05, 3.63) is 66.5 Å². The van der Waals surface area contributed by atoms with Crippen LogP contribution in [0.4, 0.5) is 5.82 Å². The van der Waals surface area contributed by atoms with Crippen molar-refractivity contribution in [1.82, 2.24) is 24.6 Å². The highest BCUT2D eigenvalue weighted by Crippen LogP contribution is 2.26. The standard InChI is InChI=1S/C19H16N6O3/c1-12-3-4-17(21-7-12)23-19(26)16-6-15(10-25-11-22-24-18(16)25)28-14-5-13(27-2)8-20-9-14/h3-11H,1-2H3,(H,21,23,26). The fourth-order valence-corrected chi connectivity index (χ4v) is 2.56. The Bertz CT molecular complexity index is 1140. The number of hydrogen-bond donors (Lipinski definition) is 1.